The smallest absolute Gasteiger partial charge is 0.0669 e. The zero-order valence-electron chi connectivity index (χ0n) is 16.0. The molecular formula is C23H30S2. The van der Waals surface area contributed by atoms with Crippen molar-refractivity contribution in [3.63, 3.8) is 0 Å². The molecule has 1 unspecified atom stereocenters. The number of rotatable bonds is 8. The average molecular weight is 371 g/mol. The quantitative estimate of drug-likeness (QED) is 0.345. The molecule has 0 heterocycles. The maximum Gasteiger partial charge on any atom is 0.0669 e. The van der Waals surface area contributed by atoms with Gasteiger partial charge in [0.15, 0.2) is 0 Å². The van der Waals surface area contributed by atoms with Crippen molar-refractivity contribution < 1.29 is 0 Å². The predicted octanol–water partition coefficient (Wildman–Crippen LogP) is 7.66. The highest BCUT2D eigenvalue weighted by atomic mass is 32.2. The number of thioether (sulfide) groups is 2. The average Bonchev–Trinajstić information content (AvgIpc) is 2.89. The van der Waals surface area contributed by atoms with Gasteiger partial charge >= 0.3 is 0 Å². The van der Waals surface area contributed by atoms with Gasteiger partial charge in [-0.25, -0.2) is 0 Å². The monoisotopic (exact) mass is 370 g/mol. The lowest BCUT2D eigenvalue weighted by Crippen LogP contribution is -2.22. The number of hydrogen-bond acceptors (Lipinski definition) is 2. The number of hydrogen-bond donors (Lipinski definition) is 0. The van der Waals surface area contributed by atoms with Crippen LogP contribution in [-0.4, -0.2) is 12.0 Å². The highest BCUT2D eigenvalue weighted by molar-refractivity contribution is 8.00. The molecule has 0 spiro atoms. The van der Waals surface area contributed by atoms with E-state index in [1.165, 1.54) is 59.4 Å². The fraction of sp³-hybridized carbons (Fsp3) is 0.478. The van der Waals surface area contributed by atoms with E-state index in [0.717, 1.165) is 0 Å². The summed E-state index contributed by atoms with van der Waals surface area (Å²) < 4.78 is 0.146. The first kappa shape index (κ1) is 18.9. The van der Waals surface area contributed by atoms with Crippen LogP contribution in [0.15, 0.2) is 41.3 Å². The van der Waals surface area contributed by atoms with Crippen molar-refractivity contribution in [1.82, 2.24) is 0 Å². The Morgan fingerprint density at radius 3 is 2.24 bits per heavy atom. The van der Waals surface area contributed by atoms with Crippen LogP contribution in [0.5, 0.6) is 0 Å². The summed E-state index contributed by atoms with van der Waals surface area (Å²) in [5.74, 6) is 1.25. The van der Waals surface area contributed by atoms with E-state index in [-0.39, 0.29) is 4.75 Å². The van der Waals surface area contributed by atoms with E-state index in [9.17, 15) is 0 Å². The molecule has 0 saturated heterocycles. The van der Waals surface area contributed by atoms with Gasteiger partial charge in [-0.1, -0.05) is 62.9 Å². The maximum atomic E-state index is 2.48. The van der Waals surface area contributed by atoms with E-state index in [2.05, 4.69) is 75.2 Å². The Hall–Kier alpha value is -0.860. The summed E-state index contributed by atoms with van der Waals surface area (Å²) in [5.41, 5.74) is 7.44. The van der Waals surface area contributed by atoms with Crippen molar-refractivity contribution >= 4 is 23.5 Å². The van der Waals surface area contributed by atoms with E-state index < -0.39 is 0 Å². The van der Waals surface area contributed by atoms with Crippen molar-refractivity contribution in [2.24, 2.45) is 0 Å². The van der Waals surface area contributed by atoms with Crippen LogP contribution in [0.2, 0.25) is 0 Å². The number of unbranched alkanes of at least 4 members (excludes halogenated alkanes) is 2. The maximum absolute atomic E-state index is 2.48. The van der Waals surface area contributed by atoms with Gasteiger partial charge in [-0.3, -0.25) is 0 Å². The van der Waals surface area contributed by atoms with Crippen LogP contribution in [-0.2, 0) is 4.75 Å². The topological polar surface area (TPSA) is 0 Å². The van der Waals surface area contributed by atoms with Crippen molar-refractivity contribution in [3.8, 4) is 11.1 Å². The Morgan fingerprint density at radius 1 is 0.880 bits per heavy atom. The van der Waals surface area contributed by atoms with Gasteiger partial charge in [0.25, 0.3) is 0 Å². The molecule has 1 atom stereocenters. The van der Waals surface area contributed by atoms with E-state index in [0.29, 0.717) is 0 Å². The second kappa shape index (κ2) is 8.22. The minimum absolute atomic E-state index is 0.146. The summed E-state index contributed by atoms with van der Waals surface area (Å²) in [6, 6.07) is 14.2. The molecule has 0 saturated carbocycles. The Labute approximate surface area is 162 Å². The molecular weight excluding hydrogens is 340 g/mol. The second-order valence-electron chi connectivity index (χ2n) is 7.09. The standard InChI is InChI=1S/C23H30S2/c1-5-7-13-23(25-14-8-6-2)21-15-17(3)9-11-19(21)20-12-10-18(24-4)16-22(20)23/h9-12,15-16H,5-8,13-14H2,1-4H3. The Bertz CT molecular complexity index is 735. The molecule has 0 amide bonds. The van der Waals surface area contributed by atoms with Gasteiger partial charge in [0.1, 0.15) is 0 Å². The third kappa shape index (κ3) is 3.53. The third-order valence-corrected chi connectivity index (χ3v) is 7.65. The minimum atomic E-state index is 0.146. The SMILES string of the molecule is CCCCSC1(CCCC)c2cc(C)ccc2-c2ccc(SC)cc21. The second-order valence-corrected chi connectivity index (χ2v) is 9.37. The van der Waals surface area contributed by atoms with Gasteiger partial charge in [0.05, 0.1) is 4.75 Å². The predicted molar refractivity (Wildman–Crippen MR) is 116 cm³/mol. The molecule has 134 valence electrons. The van der Waals surface area contributed by atoms with Crippen LogP contribution in [0.4, 0.5) is 0 Å². The molecule has 0 aliphatic heterocycles. The zero-order chi connectivity index (χ0) is 17.9. The first-order valence-corrected chi connectivity index (χ1v) is 11.8. The van der Waals surface area contributed by atoms with Gasteiger partial charge in [-0.05, 0) is 66.2 Å². The minimum Gasteiger partial charge on any atom is -0.145 e. The lowest BCUT2D eigenvalue weighted by atomic mass is 9.89. The van der Waals surface area contributed by atoms with Crippen LogP contribution >= 0.6 is 23.5 Å². The van der Waals surface area contributed by atoms with Gasteiger partial charge in [0, 0.05) is 4.90 Å². The van der Waals surface area contributed by atoms with E-state index in [4.69, 9.17) is 0 Å². The summed E-state index contributed by atoms with van der Waals surface area (Å²) in [6.07, 6.45) is 8.56. The summed E-state index contributed by atoms with van der Waals surface area (Å²) in [6.45, 7) is 6.85. The molecule has 1 aliphatic rings. The fourth-order valence-corrected chi connectivity index (χ4v) is 6.06. The molecule has 0 nitrogen and oxygen atoms in total. The van der Waals surface area contributed by atoms with E-state index in [1.807, 2.05) is 11.8 Å². The van der Waals surface area contributed by atoms with Crippen LogP contribution in [0, 0.1) is 6.92 Å². The van der Waals surface area contributed by atoms with Crippen LogP contribution < -0.4 is 0 Å². The zero-order valence-corrected chi connectivity index (χ0v) is 17.7. The molecule has 0 fully saturated rings. The van der Waals surface area contributed by atoms with Gasteiger partial charge in [0.2, 0.25) is 0 Å². The molecule has 25 heavy (non-hydrogen) atoms. The molecule has 2 aromatic rings. The van der Waals surface area contributed by atoms with Crippen molar-refractivity contribution in [3.05, 3.63) is 53.1 Å². The summed E-state index contributed by atoms with van der Waals surface area (Å²) in [7, 11) is 0. The summed E-state index contributed by atoms with van der Waals surface area (Å²) >= 11 is 4.06. The summed E-state index contributed by atoms with van der Waals surface area (Å²) in [4.78, 5) is 1.39. The first-order valence-electron chi connectivity index (χ1n) is 9.60. The highest BCUT2D eigenvalue weighted by Gasteiger charge is 2.43. The van der Waals surface area contributed by atoms with Crippen molar-refractivity contribution in [2.75, 3.05) is 12.0 Å². The van der Waals surface area contributed by atoms with Crippen LogP contribution in [0.1, 0.15) is 62.6 Å². The third-order valence-electron chi connectivity index (χ3n) is 5.29. The van der Waals surface area contributed by atoms with Crippen molar-refractivity contribution in [1.29, 1.82) is 0 Å². The van der Waals surface area contributed by atoms with Gasteiger partial charge in [-0.15, -0.1) is 23.5 Å². The molecule has 3 rings (SSSR count). The molecule has 1 aliphatic carbocycles. The van der Waals surface area contributed by atoms with E-state index >= 15 is 0 Å². The highest BCUT2D eigenvalue weighted by Crippen LogP contribution is 2.58. The molecule has 0 aromatic heterocycles. The normalized spacial score (nSPS) is 18.2. The summed E-state index contributed by atoms with van der Waals surface area (Å²) in [5, 5.41) is 0. The van der Waals surface area contributed by atoms with E-state index in [1.54, 1.807) is 11.1 Å². The lowest BCUT2D eigenvalue weighted by Gasteiger charge is -2.32. The largest absolute Gasteiger partial charge is 0.145 e. The number of aryl methyl sites for hydroxylation is 1. The Kier molecular flexibility index (Phi) is 6.22. The lowest BCUT2D eigenvalue weighted by molar-refractivity contribution is 0.616. The van der Waals surface area contributed by atoms with Crippen molar-refractivity contribution in [2.45, 2.75) is 62.5 Å². The van der Waals surface area contributed by atoms with Crippen LogP contribution in [0.3, 0.4) is 0 Å². The number of benzene rings is 2. The van der Waals surface area contributed by atoms with Crippen LogP contribution in [0.25, 0.3) is 11.1 Å². The molecule has 0 bridgehead atoms. The molecule has 0 N–H and O–H groups in total. The Morgan fingerprint density at radius 2 is 1.56 bits per heavy atom. The first-order chi connectivity index (χ1) is 12.2. The number of fused-ring (bicyclic) bond motifs is 3. The molecule has 2 aromatic carbocycles. The fourth-order valence-electron chi connectivity index (χ4n) is 3.90. The molecule has 0 radical (unpaired) electrons. The van der Waals surface area contributed by atoms with Gasteiger partial charge < -0.3 is 0 Å². The Balaban J connectivity index is 2.18. The molecule has 2 heteroatoms. The van der Waals surface area contributed by atoms with Gasteiger partial charge in [-0.2, -0.15) is 0 Å².